The average Bonchev–Trinajstić information content (AvgIpc) is 2.41. The fourth-order valence-electron chi connectivity index (χ4n) is 1.11. The molecule has 0 aromatic heterocycles. The average molecular weight is 258 g/mol. The van der Waals surface area contributed by atoms with Crippen molar-refractivity contribution in [2.24, 2.45) is 0 Å². The Morgan fingerprint density at radius 1 is 0.684 bits per heavy atom. The molecule has 0 fully saturated rings. The molecule has 19 heavy (non-hydrogen) atoms. The molecule has 0 N–H and O–H groups in total. The van der Waals surface area contributed by atoms with E-state index in [1.165, 1.54) is 0 Å². The largest absolute Gasteiger partial charge is 0.457 e. The SMILES string of the molecule is COC(C)(C)C.c1ccc(Oc2ccccc2)cc1. The molecule has 0 unspecified atom stereocenters. The minimum atomic E-state index is 0.0417. The van der Waals surface area contributed by atoms with Crippen LogP contribution in [0.2, 0.25) is 0 Å². The van der Waals surface area contributed by atoms with Gasteiger partial charge in [-0.15, -0.1) is 0 Å². The third-order valence-corrected chi connectivity index (χ3v) is 2.33. The van der Waals surface area contributed by atoms with E-state index >= 15 is 0 Å². The molecule has 0 radical (unpaired) electrons. The molecule has 0 amide bonds. The van der Waals surface area contributed by atoms with E-state index < -0.39 is 0 Å². The standard InChI is InChI=1S/C12H10O.C5H12O/c1-3-7-11(8-4-1)13-12-9-5-2-6-10-12;1-5(2,3)6-4/h1-10H;1-4H3. The molecule has 0 heterocycles. The quantitative estimate of drug-likeness (QED) is 0.762. The minimum absolute atomic E-state index is 0.0417. The lowest BCUT2D eigenvalue weighted by molar-refractivity contribution is 0.0397. The van der Waals surface area contributed by atoms with Crippen molar-refractivity contribution in [3.8, 4) is 11.5 Å². The molecule has 2 aromatic carbocycles. The first kappa shape index (κ1) is 15.3. The van der Waals surface area contributed by atoms with Gasteiger partial charge >= 0.3 is 0 Å². The Morgan fingerprint density at radius 3 is 1.26 bits per heavy atom. The molecule has 2 rings (SSSR count). The van der Waals surface area contributed by atoms with E-state index in [0.29, 0.717) is 0 Å². The Kier molecular flexibility index (Phi) is 6.10. The molecule has 2 nitrogen and oxygen atoms in total. The second-order valence-electron chi connectivity index (χ2n) is 5.04. The summed E-state index contributed by atoms with van der Waals surface area (Å²) in [5, 5.41) is 0. The Labute approximate surface area is 116 Å². The number of hydrogen-bond donors (Lipinski definition) is 0. The van der Waals surface area contributed by atoms with Crippen molar-refractivity contribution in [2.45, 2.75) is 26.4 Å². The molecule has 0 spiro atoms. The smallest absolute Gasteiger partial charge is 0.127 e. The first-order chi connectivity index (χ1) is 9.01. The van der Waals surface area contributed by atoms with Crippen LogP contribution in [0.3, 0.4) is 0 Å². The van der Waals surface area contributed by atoms with Gasteiger partial charge in [-0.1, -0.05) is 36.4 Å². The van der Waals surface area contributed by atoms with Crippen LogP contribution in [0, 0.1) is 0 Å². The van der Waals surface area contributed by atoms with Gasteiger partial charge in [-0.05, 0) is 45.0 Å². The van der Waals surface area contributed by atoms with Gasteiger partial charge in [0.05, 0.1) is 5.60 Å². The highest BCUT2D eigenvalue weighted by Gasteiger charge is 2.04. The van der Waals surface area contributed by atoms with E-state index in [1.54, 1.807) is 7.11 Å². The zero-order chi connectivity index (χ0) is 14.1. The molecule has 102 valence electrons. The Balaban J connectivity index is 0.000000258. The first-order valence-electron chi connectivity index (χ1n) is 6.34. The summed E-state index contributed by atoms with van der Waals surface area (Å²) in [5.74, 6) is 1.74. The zero-order valence-electron chi connectivity index (χ0n) is 12.1. The van der Waals surface area contributed by atoms with Gasteiger partial charge in [0.25, 0.3) is 0 Å². The Morgan fingerprint density at radius 2 is 1.00 bits per heavy atom. The maximum atomic E-state index is 5.58. The van der Waals surface area contributed by atoms with E-state index in [-0.39, 0.29) is 5.60 Å². The molecule has 0 aliphatic heterocycles. The lowest BCUT2D eigenvalue weighted by Crippen LogP contribution is -2.15. The lowest BCUT2D eigenvalue weighted by Gasteiger charge is -2.14. The van der Waals surface area contributed by atoms with Gasteiger partial charge in [-0.2, -0.15) is 0 Å². The second-order valence-corrected chi connectivity index (χ2v) is 5.04. The summed E-state index contributed by atoms with van der Waals surface area (Å²) in [5.41, 5.74) is 0.0417. The highest BCUT2D eigenvalue weighted by atomic mass is 16.5. The van der Waals surface area contributed by atoms with Crippen molar-refractivity contribution in [3.63, 3.8) is 0 Å². The van der Waals surface area contributed by atoms with Gasteiger partial charge in [0.15, 0.2) is 0 Å². The van der Waals surface area contributed by atoms with Gasteiger partial charge in [0, 0.05) is 7.11 Å². The fourth-order valence-corrected chi connectivity index (χ4v) is 1.11. The van der Waals surface area contributed by atoms with Crippen molar-refractivity contribution < 1.29 is 9.47 Å². The highest BCUT2D eigenvalue weighted by molar-refractivity contribution is 5.30. The van der Waals surface area contributed by atoms with Crippen LogP contribution < -0.4 is 4.74 Å². The normalized spacial score (nSPS) is 10.3. The number of benzene rings is 2. The molecule has 0 saturated heterocycles. The van der Waals surface area contributed by atoms with E-state index in [4.69, 9.17) is 9.47 Å². The van der Waals surface area contributed by atoms with Gasteiger partial charge in [0.1, 0.15) is 11.5 Å². The van der Waals surface area contributed by atoms with Gasteiger partial charge in [-0.3, -0.25) is 0 Å². The molecule has 0 saturated carbocycles. The fraction of sp³-hybridized carbons (Fsp3) is 0.294. The molecule has 0 aliphatic carbocycles. The summed E-state index contributed by atoms with van der Waals surface area (Å²) in [7, 11) is 1.71. The van der Waals surface area contributed by atoms with E-state index in [2.05, 4.69) is 0 Å². The Bertz CT molecular complexity index is 406. The number of rotatable bonds is 2. The van der Waals surface area contributed by atoms with Crippen LogP contribution in [0.4, 0.5) is 0 Å². The topological polar surface area (TPSA) is 18.5 Å². The summed E-state index contributed by atoms with van der Waals surface area (Å²) >= 11 is 0. The molecule has 0 atom stereocenters. The molecule has 2 heteroatoms. The van der Waals surface area contributed by atoms with E-state index in [1.807, 2.05) is 81.4 Å². The summed E-state index contributed by atoms with van der Waals surface area (Å²) < 4.78 is 10.5. The summed E-state index contributed by atoms with van der Waals surface area (Å²) in [6, 6.07) is 19.5. The maximum absolute atomic E-state index is 5.58. The molecular weight excluding hydrogens is 236 g/mol. The highest BCUT2D eigenvalue weighted by Crippen LogP contribution is 2.19. The molecule has 0 aliphatic rings. The zero-order valence-corrected chi connectivity index (χ0v) is 12.1. The summed E-state index contributed by atoms with van der Waals surface area (Å²) in [6.45, 7) is 6.06. The first-order valence-corrected chi connectivity index (χ1v) is 6.34. The third kappa shape index (κ3) is 7.27. The van der Waals surface area contributed by atoms with Gasteiger partial charge in [0.2, 0.25) is 0 Å². The van der Waals surface area contributed by atoms with Gasteiger partial charge < -0.3 is 9.47 Å². The predicted octanol–water partition coefficient (Wildman–Crippen LogP) is 4.91. The molecule has 2 aromatic rings. The summed E-state index contributed by atoms with van der Waals surface area (Å²) in [6.07, 6.45) is 0. The van der Waals surface area contributed by atoms with Crippen LogP contribution in [-0.2, 0) is 4.74 Å². The number of methoxy groups -OCH3 is 1. The van der Waals surface area contributed by atoms with Crippen molar-refractivity contribution in [1.82, 2.24) is 0 Å². The lowest BCUT2D eigenvalue weighted by atomic mass is 10.2. The molecular formula is C17H22O2. The summed E-state index contributed by atoms with van der Waals surface area (Å²) in [4.78, 5) is 0. The maximum Gasteiger partial charge on any atom is 0.127 e. The van der Waals surface area contributed by atoms with E-state index in [0.717, 1.165) is 11.5 Å². The van der Waals surface area contributed by atoms with Gasteiger partial charge in [-0.25, -0.2) is 0 Å². The van der Waals surface area contributed by atoms with Crippen molar-refractivity contribution in [3.05, 3.63) is 60.7 Å². The van der Waals surface area contributed by atoms with Crippen molar-refractivity contribution in [1.29, 1.82) is 0 Å². The third-order valence-electron chi connectivity index (χ3n) is 2.33. The number of hydrogen-bond acceptors (Lipinski definition) is 2. The minimum Gasteiger partial charge on any atom is -0.457 e. The van der Waals surface area contributed by atoms with Crippen LogP contribution in [0.1, 0.15) is 20.8 Å². The van der Waals surface area contributed by atoms with Crippen LogP contribution in [0.15, 0.2) is 60.7 Å². The van der Waals surface area contributed by atoms with Crippen LogP contribution in [0.25, 0.3) is 0 Å². The Hall–Kier alpha value is -1.80. The van der Waals surface area contributed by atoms with E-state index in [9.17, 15) is 0 Å². The second kappa shape index (κ2) is 7.59. The van der Waals surface area contributed by atoms with Crippen LogP contribution in [-0.4, -0.2) is 12.7 Å². The van der Waals surface area contributed by atoms with Crippen LogP contribution >= 0.6 is 0 Å². The monoisotopic (exact) mass is 258 g/mol. The van der Waals surface area contributed by atoms with Crippen molar-refractivity contribution in [2.75, 3.05) is 7.11 Å². The van der Waals surface area contributed by atoms with Crippen LogP contribution in [0.5, 0.6) is 11.5 Å². The predicted molar refractivity (Wildman–Crippen MR) is 79.7 cm³/mol. The van der Waals surface area contributed by atoms with Crippen molar-refractivity contribution >= 4 is 0 Å². The number of para-hydroxylation sites is 2. The molecule has 0 bridgehead atoms. The number of ether oxygens (including phenoxy) is 2.